The first-order chi connectivity index (χ1) is 15.2. The van der Waals surface area contributed by atoms with Gasteiger partial charge >= 0.3 is 0 Å². The quantitative estimate of drug-likeness (QED) is 0.235. The number of nitrogens with one attached hydrogen (secondary N) is 1. The number of carbonyl (C=O) groups excluding carboxylic acids is 1. The van der Waals surface area contributed by atoms with Gasteiger partial charge in [-0.15, -0.1) is 0 Å². The van der Waals surface area contributed by atoms with Gasteiger partial charge in [0.05, 0.1) is 12.6 Å². The summed E-state index contributed by atoms with van der Waals surface area (Å²) < 4.78 is 2.24. The van der Waals surface area contributed by atoms with E-state index in [1.54, 1.807) is 12.1 Å². The van der Waals surface area contributed by atoms with Crippen molar-refractivity contribution in [1.82, 2.24) is 5.32 Å². The fraction of sp³-hybridized carbons (Fsp3) is 0.538. The Balaban J connectivity index is 0.00000512. The van der Waals surface area contributed by atoms with Gasteiger partial charge in [0.2, 0.25) is 5.91 Å². The molecule has 2 atom stereocenters. The van der Waals surface area contributed by atoms with Gasteiger partial charge in [0.25, 0.3) is 0 Å². The van der Waals surface area contributed by atoms with Crippen LogP contribution >= 0.6 is 0 Å². The molecule has 5 nitrogen and oxygen atoms in total. The van der Waals surface area contributed by atoms with Crippen LogP contribution in [0.3, 0.4) is 0 Å². The Hall–Kier alpha value is -1.76. The van der Waals surface area contributed by atoms with E-state index in [0.717, 1.165) is 25.8 Å². The molecule has 32 heavy (non-hydrogen) atoms. The topological polar surface area (TPSA) is 73.4 Å². The molecule has 2 aromatic rings. The molecule has 3 N–H and O–H groups in total. The van der Waals surface area contributed by atoms with Crippen LogP contribution in [0.2, 0.25) is 0 Å². The summed E-state index contributed by atoms with van der Waals surface area (Å²) in [6.45, 7) is 0.814. The van der Waals surface area contributed by atoms with E-state index in [0.29, 0.717) is 12.0 Å². The molecule has 0 unspecified atom stereocenters. The molecule has 1 amide bonds. The number of nitrogens with zero attached hydrogens (tertiary/aromatic N) is 1. The number of unbranched alkanes of at least 4 members (excludes halogenated alkanes) is 8. The van der Waals surface area contributed by atoms with E-state index in [-0.39, 0.29) is 29.5 Å². The number of carbonyl (C=O) groups is 1. The van der Waals surface area contributed by atoms with Crippen LogP contribution < -0.4 is 26.9 Å². The zero-order valence-corrected chi connectivity index (χ0v) is 20.6. The number of halogens is 1. The van der Waals surface area contributed by atoms with Crippen LogP contribution in [-0.2, 0) is 11.3 Å². The maximum absolute atomic E-state index is 12.2. The second kappa shape index (κ2) is 17.8. The van der Waals surface area contributed by atoms with Crippen molar-refractivity contribution in [2.75, 3.05) is 6.61 Å². The Labute approximate surface area is 203 Å². The van der Waals surface area contributed by atoms with E-state index < -0.39 is 12.1 Å². The molecule has 0 spiro atoms. The molecular weight excluding hydrogens is 468 g/mol. The Kier molecular flexibility index (Phi) is 15.7. The largest absolute Gasteiger partial charge is 1.00 e. The minimum atomic E-state index is -0.901. The fourth-order valence-electron chi connectivity index (χ4n) is 3.79. The van der Waals surface area contributed by atoms with E-state index >= 15 is 0 Å². The number of hydrogen-bond donors (Lipinski definition) is 3. The van der Waals surface area contributed by atoms with Crippen LogP contribution in [0.5, 0.6) is 0 Å². The first kappa shape index (κ1) is 28.3. The van der Waals surface area contributed by atoms with E-state index in [1.165, 1.54) is 38.5 Å². The first-order valence-electron chi connectivity index (χ1n) is 11.8. The van der Waals surface area contributed by atoms with Gasteiger partial charge in [-0.1, -0.05) is 74.9 Å². The molecule has 0 bridgehead atoms. The smallest absolute Gasteiger partial charge is 0.220 e. The molecule has 0 aliphatic heterocycles. The molecule has 0 aliphatic carbocycles. The molecule has 1 heterocycles. The monoisotopic (exact) mass is 506 g/mol. The van der Waals surface area contributed by atoms with Crippen LogP contribution in [0, 0.1) is 0 Å². The molecule has 0 saturated heterocycles. The summed E-state index contributed by atoms with van der Waals surface area (Å²) in [5.41, 5.74) is 0.695. The van der Waals surface area contributed by atoms with Gasteiger partial charge in [-0.3, -0.25) is 4.79 Å². The van der Waals surface area contributed by atoms with Crippen LogP contribution in [0.4, 0.5) is 0 Å². The van der Waals surface area contributed by atoms with E-state index in [2.05, 4.69) is 34.4 Å². The molecule has 178 valence electrons. The normalized spacial score (nSPS) is 12.6. The van der Waals surface area contributed by atoms with E-state index in [4.69, 9.17) is 0 Å². The third-order valence-electron chi connectivity index (χ3n) is 5.66. The van der Waals surface area contributed by atoms with Crippen LogP contribution in [0.15, 0.2) is 60.9 Å². The lowest BCUT2D eigenvalue weighted by Gasteiger charge is -2.22. The molecule has 0 aliphatic rings. The summed E-state index contributed by atoms with van der Waals surface area (Å²) in [5, 5.41) is 22.7. The van der Waals surface area contributed by atoms with E-state index in [9.17, 15) is 15.0 Å². The number of aromatic nitrogens is 1. The van der Waals surface area contributed by atoms with Crippen molar-refractivity contribution in [1.29, 1.82) is 0 Å². The second-order valence-corrected chi connectivity index (χ2v) is 8.26. The lowest BCUT2D eigenvalue weighted by atomic mass is 10.0. The number of aryl methyl sites for hydroxylation is 1. The first-order valence-corrected chi connectivity index (χ1v) is 11.8. The summed E-state index contributed by atoms with van der Waals surface area (Å²) in [4.78, 5) is 12.2. The lowest BCUT2D eigenvalue weighted by molar-refractivity contribution is -0.697. The van der Waals surface area contributed by atoms with Crippen molar-refractivity contribution in [3.05, 3.63) is 66.5 Å². The third kappa shape index (κ3) is 11.7. The molecule has 2 rings (SSSR count). The lowest BCUT2D eigenvalue weighted by Crippen LogP contribution is -3.00. The minimum Gasteiger partial charge on any atom is -1.00 e. The summed E-state index contributed by atoms with van der Waals surface area (Å²) in [7, 11) is 0. The minimum absolute atomic E-state index is 0. The molecule has 6 heteroatoms. The van der Waals surface area contributed by atoms with Crippen molar-refractivity contribution < 1.29 is 36.6 Å². The number of hydrogen-bond acceptors (Lipinski definition) is 3. The van der Waals surface area contributed by atoms with Gasteiger partial charge in [0.15, 0.2) is 12.4 Å². The fourth-order valence-corrected chi connectivity index (χ4v) is 3.79. The predicted octanol–water partition coefficient (Wildman–Crippen LogP) is 1.09. The summed E-state index contributed by atoms with van der Waals surface area (Å²) >= 11 is 0. The predicted molar refractivity (Wildman–Crippen MR) is 123 cm³/mol. The zero-order chi connectivity index (χ0) is 22.2. The number of aliphatic hydroxyl groups is 2. The highest BCUT2D eigenvalue weighted by atomic mass is 79.9. The Morgan fingerprint density at radius 2 is 1.34 bits per heavy atom. The van der Waals surface area contributed by atoms with Crippen molar-refractivity contribution in [2.45, 2.75) is 82.9 Å². The van der Waals surface area contributed by atoms with Gasteiger partial charge in [-0.05, 0) is 18.4 Å². The average Bonchev–Trinajstić information content (AvgIpc) is 2.81. The summed E-state index contributed by atoms with van der Waals surface area (Å²) in [5.74, 6) is -0.106. The number of rotatable bonds is 16. The van der Waals surface area contributed by atoms with Gasteiger partial charge in [-0.2, -0.15) is 0 Å². The van der Waals surface area contributed by atoms with Gasteiger partial charge in [-0.25, -0.2) is 4.57 Å². The van der Waals surface area contributed by atoms with E-state index in [1.807, 2.05) is 24.3 Å². The average molecular weight is 508 g/mol. The Morgan fingerprint density at radius 3 is 1.94 bits per heavy atom. The van der Waals surface area contributed by atoms with Crippen LogP contribution in [0.25, 0.3) is 0 Å². The molecule has 0 fully saturated rings. The van der Waals surface area contributed by atoms with Crippen molar-refractivity contribution in [2.24, 2.45) is 0 Å². The SMILES string of the molecule is O=C(CCCCCCCCCCC[n+]1ccccc1)N[C@@H](CO)[C@@H](O)c1ccccc1.[Br-]. The maximum atomic E-state index is 12.2. The molecular formula is C26H39BrN2O3. The van der Waals surface area contributed by atoms with Crippen LogP contribution in [0.1, 0.15) is 75.9 Å². The van der Waals surface area contributed by atoms with Gasteiger partial charge in [0, 0.05) is 25.0 Å². The number of aliphatic hydroxyl groups excluding tert-OH is 2. The summed E-state index contributed by atoms with van der Waals surface area (Å²) in [6.07, 6.45) is 14.4. The number of amides is 1. The van der Waals surface area contributed by atoms with Crippen molar-refractivity contribution >= 4 is 5.91 Å². The standard InChI is InChI=1S/C26H38N2O3.BrH/c29-22-24(26(31)23-16-10-8-11-17-23)27-25(30)18-12-6-4-2-1-3-5-7-13-19-28-20-14-9-15-21-28;/h8-11,14-17,20-21,24,26,29,31H,1-7,12-13,18-19,22H2;1H/t24-,26-;/m0./s1. The van der Waals surface area contributed by atoms with Crippen molar-refractivity contribution in [3.8, 4) is 0 Å². The zero-order valence-electron chi connectivity index (χ0n) is 19.0. The van der Waals surface area contributed by atoms with Gasteiger partial charge < -0.3 is 32.5 Å². The van der Waals surface area contributed by atoms with Crippen molar-refractivity contribution in [3.63, 3.8) is 0 Å². The Morgan fingerprint density at radius 1 is 0.812 bits per heavy atom. The second-order valence-electron chi connectivity index (χ2n) is 8.26. The molecule has 0 radical (unpaired) electrons. The highest BCUT2D eigenvalue weighted by molar-refractivity contribution is 5.76. The molecule has 1 aromatic carbocycles. The number of benzene rings is 1. The third-order valence-corrected chi connectivity index (χ3v) is 5.66. The van der Waals surface area contributed by atoms with Gasteiger partial charge in [0.1, 0.15) is 12.6 Å². The Bertz CT molecular complexity index is 716. The maximum Gasteiger partial charge on any atom is 0.220 e. The number of pyridine rings is 1. The highest BCUT2D eigenvalue weighted by Gasteiger charge is 2.21. The van der Waals surface area contributed by atoms with Crippen LogP contribution in [-0.4, -0.2) is 28.8 Å². The molecule has 1 aromatic heterocycles. The highest BCUT2D eigenvalue weighted by Crippen LogP contribution is 2.17. The summed E-state index contributed by atoms with van der Waals surface area (Å²) in [6, 6.07) is 14.6. The molecule has 0 saturated carbocycles.